The monoisotopic (exact) mass is 449 g/mol. The number of thioether (sulfide) groups is 1. The number of pyridine rings is 1. The number of nitrogens with one attached hydrogen (secondary N) is 1. The lowest BCUT2D eigenvalue weighted by molar-refractivity contribution is -0.113. The maximum Gasteiger partial charge on any atom is 0.234 e. The van der Waals surface area contributed by atoms with Gasteiger partial charge in [-0.25, -0.2) is 0 Å². The quantitative estimate of drug-likeness (QED) is 0.389. The van der Waals surface area contributed by atoms with Gasteiger partial charge >= 0.3 is 0 Å². The Morgan fingerprint density at radius 1 is 1.06 bits per heavy atom. The van der Waals surface area contributed by atoms with Gasteiger partial charge < -0.3 is 5.32 Å². The number of benzene rings is 2. The number of aryl methyl sites for hydroxylation is 1. The third-order valence-electron chi connectivity index (χ3n) is 4.65. The minimum Gasteiger partial charge on any atom is -0.324 e. The molecule has 0 aliphatic carbocycles. The van der Waals surface area contributed by atoms with Crippen LogP contribution in [0.15, 0.2) is 78.2 Å². The van der Waals surface area contributed by atoms with E-state index >= 15 is 0 Å². The van der Waals surface area contributed by atoms with E-state index in [4.69, 9.17) is 11.6 Å². The lowest BCUT2D eigenvalue weighted by Crippen LogP contribution is -2.15. The van der Waals surface area contributed by atoms with Crippen LogP contribution in [0.1, 0.15) is 12.5 Å². The van der Waals surface area contributed by atoms with E-state index in [0.29, 0.717) is 21.7 Å². The predicted molar refractivity (Wildman–Crippen MR) is 125 cm³/mol. The van der Waals surface area contributed by atoms with Crippen molar-refractivity contribution in [2.75, 3.05) is 11.1 Å². The number of rotatable bonds is 7. The standard InChI is InChI=1S/C23H20ClN5OS/c1-2-16-8-3-6-12-20(16)29-22(17-9-7-13-25-14-17)27-28-23(29)31-15-21(30)26-19-11-5-4-10-18(19)24/h3-14H,2,15H2,1H3,(H,26,30). The van der Waals surface area contributed by atoms with Crippen molar-refractivity contribution < 1.29 is 4.79 Å². The summed E-state index contributed by atoms with van der Waals surface area (Å²) in [6, 6.07) is 19.1. The van der Waals surface area contributed by atoms with E-state index < -0.39 is 0 Å². The lowest BCUT2D eigenvalue weighted by Gasteiger charge is -2.14. The first-order valence-corrected chi connectivity index (χ1v) is 11.1. The van der Waals surface area contributed by atoms with E-state index in [1.165, 1.54) is 11.8 Å². The second-order valence-corrected chi connectivity index (χ2v) is 8.03. The highest BCUT2D eigenvalue weighted by molar-refractivity contribution is 7.99. The normalized spacial score (nSPS) is 10.8. The molecule has 31 heavy (non-hydrogen) atoms. The molecule has 156 valence electrons. The molecule has 0 bridgehead atoms. The van der Waals surface area contributed by atoms with Crippen LogP contribution in [0.25, 0.3) is 17.1 Å². The number of para-hydroxylation sites is 2. The largest absolute Gasteiger partial charge is 0.324 e. The number of nitrogens with zero attached hydrogens (tertiary/aromatic N) is 4. The molecule has 0 unspecified atom stereocenters. The molecule has 8 heteroatoms. The highest BCUT2D eigenvalue weighted by atomic mass is 35.5. The van der Waals surface area contributed by atoms with Crippen molar-refractivity contribution in [3.05, 3.63) is 83.6 Å². The van der Waals surface area contributed by atoms with Crippen molar-refractivity contribution in [3.8, 4) is 17.1 Å². The predicted octanol–water partition coefficient (Wildman–Crippen LogP) is 5.28. The van der Waals surface area contributed by atoms with Crippen LogP contribution in [0.3, 0.4) is 0 Å². The lowest BCUT2D eigenvalue weighted by atomic mass is 10.1. The van der Waals surface area contributed by atoms with Crippen LogP contribution in [0.5, 0.6) is 0 Å². The molecule has 4 aromatic rings. The zero-order chi connectivity index (χ0) is 21.6. The van der Waals surface area contributed by atoms with Gasteiger partial charge in [-0.1, -0.05) is 60.6 Å². The summed E-state index contributed by atoms with van der Waals surface area (Å²) in [6.45, 7) is 2.11. The summed E-state index contributed by atoms with van der Waals surface area (Å²) >= 11 is 7.46. The molecule has 1 amide bonds. The molecule has 0 fully saturated rings. The maximum absolute atomic E-state index is 12.5. The summed E-state index contributed by atoms with van der Waals surface area (Å²) in [7, 11) is 0. The highest BCUT2D eigenvalue weighted by Gasteiger charge is 2.19. The summed E-state index contributed by atoms with van der Waals surface area (Å²) < 4.78 is 1.99. The summed E-state index contributed by atoms with van der Waals surface area (Å²) in [5.74, 6) is 0.687. The van der Waals surface area contributed by atoms with Gasteiger partial charge in [-0.15, -0.1) is 10.2 Å². The van der Waals surface area contributed by atoms with Gasteiger partial charge in [-0.05, 0) is 42.3 Å². The first-order chi connectivity index (χ1) is 15.2. The molecule has 0 aliphatic heterocycles. The van der Waals surface area contributed by atoms with Crippen molar-refractivity contribution in [1.82, 2.24) is 19.7 Å². The van der Waals surface area contributed by atoms with Crippen LogP contribution in [0, 0.1) is 0 Å². The summed E-state index contributed by atoms with van der Waals surface area (Å²) in [4.78, 5) is 16.7. The van der Waals surface area contributed by atoms with Gasteiger partial charge in [0.05, 0.1) is 22.2 Å². The average molecular weight is 450 g/mol. The van der Waals surface area contributed by atoms with Crippen LogP contribution in [0.4, 0.5) is 5.69 Å². The zero-order valence-corrected chi connectivity index (χ0v) is 18.4. The molecule has 0 saturated heterocycles. The number of hydrogen-bond donors (Lipinski definition) is 1. The van der Waals surface area contributed by atoms with Crippen LogP contribution < -0.4 is 5.32 Å². The maximum atomic E-state index is 12.5. The molecular weight excluding hydrogens is 430 g/mol. The number of anilines is 1. The zero-order valence-electron chi connectivity index (χ0n) is 16.8. The van der Waals surface area contributed by atoms with E-state index in [9.17, 15) is 4.79 Å². The van der Waals surface area contributed by atoms with Gasteiger partial charge in [-0.2, -0.15) is 0 Å². The number of aromatic nitrogens is 4. The van der Waals surface area contributed by atoms with Gasteiger partial charge in [-0.3, -0.25) is 14.3 Å². The van der Waals surface area contributed by atoms with E-state index in [2.05, 4.69) is 33.5 Å². The minimum atomic E-state index is -0.167. The Kier molecular flexibility index (Phi) is 6.64. The molecule has 2 heterocycles. The molecule has 6 nitrogen and oxygen atoms in total. The number of carbonyl (C=O) groups is 1. The Hall–Kier alpha value is -3.16. The topological polar surface area (TPSA) is 72.7 Å². The van der Waals surface area contributed by atoms with E-state index in [1.54, 1.807) is 24.5 Å². The van der Waals surface area contributed by atoms with E-state index in [1.807, 2.05) is 47.0 Å². The Morgan fingerprint density at radius 3 is 2.65 bits per heavy atom. The fourth-order valence-corrected chi connectivity index (χ4v) is 4.10. The van der Waals surface area contributed by atoms with Gasteiger partial charge in [0, 0.05) is 18.0 Å². The molecule has 0 saturated carbocycles. The smallest absolute Gasteiger partial charge is 0.234 e. The van der Waals surface area contributed by atoms with Gasteiger partial charge in [0.25, 0.3) is 0 Å². The van der Waals surface area contributed by atoms with E-state index in [-0.39, 0.29) is 11.7 Å². The van der Waals surface area contributed by atoms with Gasteiger partial charge in [0.1, 0.15) is 0 Å². The molecule has 2 aromatic carbocycles. The average Bonchev–Trinajstić information content (AvgIpc) is 3.23. The van der Waals surface area contributed by atoms with Crippen LogP contribution >= 0.6 is 23.4 Å². The number of amides is 1. The Bertz CT molecular complexity index is 1200. The minimum absolute atomic E-state index is 0.167. The number of hydrogen-bond acceptors (Lipinski definition) is 5. The molecule has 1 N–H and O–H groups in total. The molecular formula is C23H20ClN5OS. The fourth-order valence-electron chi connectivity index (χ4n) is 3.17. The summed E-state index contributed by atoms with van der Waals surface area (Å²) in [6.07, 6.45) is 4.34. The highest BCUT2D eigenvalue weighted by Crippen LogP contribution is 2.30. The third kappa shape index (κ3) is 4.78. The van der Waals surface area contributed by atoms with Crippen molar-refractivity contribution in [2.24, 2.45) is 0 Å². The SMILES string of the molecule is CCc1ccccc1-n1c(SCC(=O)Nc2ccccc2Cl)nnc1-c1cccnc1. The number of carbonyl (C=O) groups excluding carboxylic acids is 1. The molecule has 2 aromatic heterocycles. The van der Waals surface area contributed by atoms with E-state index in [0.717, 1.165) is 23.2 Å². The first kappa shape index (κ1) is 21.1. The first-order valence-electron chi connectivity index (χ1n) is 9.78. The Labute approximate surface area is 189 Å². The second-order valence-electron chi connectivity index (χ2n) is 6.68. The summed E-state index contributed by atoms with van der Waals surface area (Å²) in [5.41, 5.74) is 3.59. The molecule has 0 spiro atoms. The second kappa shape index (κ2) is 9.76. The van der Waals surface area contributed by atoms with Crippen LogP contribution in [-0.4, -0.2) is 31.4 Å². The molecule has 0 radical (unpaired) electrons. The summed E-state index contributed by atoms with van der Waals surface area (Å²) in [5, 5.41) is 12.8. The fraction of sp³-hybridized carbons (Fsp3) is 0.130. The molecule has 4 rings (SSSR count). The van der Waals surface area contributed by atoms with Crippen molar-refractivity contribution in [3.63, 3.8) is 0 Å². The number of halogens is 1. The van der Waals surface area contributed by atoms with Gasteiger partial charge in [0.2, 0.25) is 5.91 Å². The third-order valence-corrected chi connectivity index (χ3v) is 5.91. The van der Waals surface area contributed by atoms with Crippen molar-refractivity contribution >= 4 is 35.0 Å². The molecule has 0 aliphatic rings. The molecule has 0 atom stereocenters. The Morgan fingerprint density at radius 2 is 1.87 bits per heavy atom. The van der Waals surface area contributed by atoms with Crippen LogP contribution in [-0.2, 0) is 11.2 Å². The van der Waals surface area contributed by atoms with Crippen molar-refractivity contribution in [2.45, 2.75) is 18.5 Å². The van der Waals surface area contributed by atoms with Gasteiger partial charge in [0.15, 0.2) is 11.0 Å². The Balaban J connectivity index is 1.64. The van der Waals surface area contributed by atoms with Crippen molar-refractivity contribution in [1.29, 1.82) is 0 Å². The van der Waals surface area contributed by atoms with Crippen LogP contribution in [0.2, 0.25) is 5.02 Å².